The molecule has 0 spiro atoms. The molecule has 4 nitrogen and oxygen atoms in total. The minimum atomic E-state index is -4.00. The van der Waals surface area contributed by atoms with Gasteiger partial charge in [-0.1, -0.05) is 17.7 Å². The van der Waals surface area contributed by atoms with Gasteiger partial charge in [-0.05, 0) is 12.1 Å². The maximum atomic E-state index is 13.9. The van der Waals surface area contributed by atoms with Gasteiger partial charge in [0.15, 0.2) is 0 Å². The Bertz CT molecular complexity index is 560. The molecule has 18 heavy (non-hydrogen) atoms. The van der Waals surface area contributed by atoms with Crippen molar-refractivity contribution < 1.29 is 17.9 Å². The van der Waals surface area contributed by atoms with Crippen LogP contribution in [0.1, 0.15) is 5.56 Å². The Hall–Kier alpha value is -0.950. The lowest BCUT2D eigenvalue weighted by atomic mass is 10.2. The maximum absolute atomic E-state index is 13.9. The first kappa shape index (κ1) is 15.1. The second kappa shape index (κ2) is 5.79. The Balaban J connectivity index is 3.41. The molecule has 0 radical (unpaired) electrons. The molecule has 0 bridgehead atoms. The van der Waals surface area contributed by atoms with Crippen molar-refractivity contribution in [1.29, 1.82) is 0 Å². The first-order valence-corrected chi connectivity index (χ1v) is 6.82. The van der Waals surface area contributed by atoms with Crippen molar-refractivity contribution in [1.82, 2.24) is 4.31 Å². The van der Waals surface area contributed by atoms with Gasteiger partial charge in [-0.15, -0.1) is 6.58 Å². The van der Waals surface area contributed by atoms with Crippen LogP contribution >= 0.6 is 11.6 Å². The van der Waals surface area contributed by atoms with Gasteiger partial charge in [-0.3, -0.25) is 0 Å². The third kappa shape index (κ3) is 2.89. The van der Waals surface area contributed by atoms with Gasteiger partial charge < -0.3 is 5.11 Å². The van der Waals surface area contributed by atoms with Crippen molar-refractivity contribution in [2.24, 2.45) is 0 Å². The van der Waals surface area contributed by atoms with Crippen LogP contribution in [-0.4, -0.2) is 31.4 Å². The summed E-state index contributed by atoms with van der Waals surface area (Å²) in [5.74, 6) is -0.988. The average molecular weight is 294 g/mol. The second-order valence-corrected chi connectivity index (χ2v) is 6.06. The van der Waals surface area contributed by atoms with Crippen molar-refractivity contribution in [2.75, 3.05) is 13.6 Å². The lowest BCUT2D eigenvalue weighted by Gasteiger charge is -2.16. The minimum Gasteiger partial charge on any atom is -0.392 e. The molecule has 100 valence electrons. The molecular formula is C11H13ClFNO3S. The summed E-state index contributed by atoms with van der Waals surface area (Å²) in [6, 6.07) is 2.20. The summed E-state index contributed by atoms with van der Waals surface area (Å²) in [5.41, 5.74) is -0.159. The van der Waals surface area contributed by atoms with Crippen LogP contribution in [0.4, 0.5) is 4.39 Å². The SMILES string of the molecule is C=CCN(C)S(=O)(=O)c1cc(Cl)cc(CO)c1F. The number of hydrogen-bond donors (Lipinski definition) is 1. The average Bonchev–Trinajstić information content (AvgIpc) is 2.31. The number of nitrogens with zero attached hydrogens (tertiary/aromatic N) is 1. The molecule has 0 saturated heterocycles. The molecule has 1 aromatic carbocycles. The quantitative estimate of drug-likeness (QED) is 0.842. The fraction of sp³-hybridized carbons (Fsp3) is 0.273. The number of benzene rings is 1. The standard InChI is InChI=1S/C11H13ClFNO3S/c1-3-4-14(2)18(16,17)10-6-9(12)5-8(7-15)11(10)13/h3,5-6,15H,1,4,7H2,2H3. The number of rotatable bonds is 5. The zero-order valence-electron chi connectivity index (χ0n) is 9.73. The minimum absolute atomic E-state index is 0.0444. The topological polar surface area (TPSA) is 57.6 Å². The second-order valence-electron chi connectivity index (χ2n) is 3.61. The fourth-order valence-corrected chi connectivity index (χ4v) is 2.95. The van der Waals surface area contributed by atoms with Gasteiger partial charge in [-0.25, -0.2) is 12.8 Å². The number of aliphatic hydroxyl groups is 1. The molecule has 0 unspecified atom stereocenters. The lowest BCUT2D eigenvalue weighted by Crippen LogP contribution is -2.28. The van der Waals surface area contributed by atoms with E-state index in [1.807, 2.05) is 0 Å². The van der Waals surface area contributed by atoms with Crippen LogP contribution in [-0.2, 0) is 16.6 Å². The molecule has 1 aromatic rings. The molecule has 0 saturated carbocycles. The number of sulfonamides is 1. The normalized spacial score (nSPS) is 11.8. The van der Waals surface area contributed by atoms with Crippen LogP contribution in [0.25, 0.3) is 0 Å². The third-order valence-electron chi connectivity index (χ3n) is 2.32. The molecule has 0 aliphatic heterocycles. The highest BCUT2D eigenvalue weighted by Gasteiger charge is 2.25. The number of hydrogen-bond acceptors (Lipinski definition) is 3. The third-order valence-corrected chi connectivity index (χ3v) is 4.36. The van der Waals surface area contributed by atoms with Crippen LogP contribution in [0.3, 0.4) is 0 Å². The van der Waals surface area contributed by atoms with E-state index >= 15 is 0 Å². The predicted molar refractivity (Wildman–Crippen MR) is 67.3 cm³/mol. The van der Waals surface area contributed by atoms with Crippen molar-refractivity contribution >= 4 is 21.6 Å². The Morgan fingerprint density at radius 1 is 1.56 bits per heavy atom. The molecule has 0 fully saturated rings. The molecule has 0 aromatic heterocycles. The van der Waals surface area contributed by atoms with Crippen molar-refractivity contribution in [3.63, 3.8) is 0 Å². The van der Waals surface area contributed by atoms with Crippen molar-refractivity contribution in [2.45, 2.75) is 11.5 Å². The molecule has 0 atom stereocenters. The zero-order chi connectivity index (χ0) is 13.9. The van der Waals surface area contributed by atoms with Crippen LogP contribution < -0.4 is 0 Å². The molecule has 0 amide bonds. The van der Waals surface area contributed by atoms with Gasteiger partial charge in [0.2, 0.25) is 10.0 Å². The highest BCUT2D eigenvalue weighted by atomic mass is 35.5. The Kier molecular flexibility index (Phi) is 4.86. The van der Waals surface area contributed by atoms with E-state index < -0.39 is 27.3 Å². The van der Waals surface area contributed by atoms with Gasteiger partial charge in [0.25, 0.3) is 0 Å². The number of aliphatic hydroxyl groups excluding tert-OH is 1. The van der Waals surface area contributed by atoms with E-state index in [9.17, 15) is 12.8 Å². The summed E-state index contributed by atoms with van der Waals surface area (Å²) in [6.07, 6.45) is 1.38. The van der Waals surface area contributed by atoms with Crippen molar-refractivity contribution in [3.05, 3.63) is 41.2 Å². The summed E-state index contributed by atoms with van der Waals surface area (Å²) in [6.45, 7) is 2.84. The van der Waals surface area contributed by atoms with E-state index in [1.165, 1.54) is 19.2 Å². The van der Waals surface area contributed by atoms with Gasteiger partial charge in [-0.2, -0.15) is 4.31 Å². The number of likely N-dealkylation sites (N-methyl/N-ethyl adjacent to an activating group) is 1. The summed E-state index contributed by atoms with van der Waals surface area (Å²) in [7, 11) is -2.69. The molecule has 7 heteroatoms. The first-order valence-electron chi connectivity index (χ1n) is 5.00. The molecular weight excluding hydrogens is 281 g/mol. The van der Waals surface area contributed by atoms with E-state index in [1.54, 1.807) is 0 Å². The first-order chi connectivity index (χ1) is 8.34. The van der Waals surface area contributed by atoms with E-state index in [-0.39, 0.29) is 17.1 Å². The van der Waals surface area contributed by atoms with E-state index in [0.29, 0.717) is 0 Å². The molecule has 1 N–H and O–H groups in total. The van der Waals surface area contributed by atoms with Crippen molar-refractivity contribution in [3.8, 4) is 0 Å². The van der Waals surface area contributed by atoms with Gasteiger partial charge in [0.05, 0.1) is 6.61 Å². The summed E-state index contributed by atoms with van der Waals surface area (Å²) < 4.78 is 39.0. The summed E-state index contributed by atoms with van der Waals surface area (Å²) in [5, 5.41) is 9.00. The van der Waals surface area contributed by atoms with Crippen LogP contribution in [0.5, 0.6) is 0 Å². The summed E-state index contributed by atoms with van der Waals surface area (Å²) >= 11 is 5.71. The smallest absolute Gasteiger partial charge is 0.246 e. The van der Waals surface area contributed by atoms with Crippen LogP contribution in [0.2, 0.25) is 5.02 Å². The fourth-order valence-electron chi connectivity index (χ4n) is 1.37. The number of halogens is 2. The summed E-state index contributed by atoms with van der Waals surface area (Å²) in [4.78, 5) is -0.552. The maximum Gasteiger partial charge on any atom is 0.246 e. The lowest BCUT2D eigenvalue weighted by molar-refractivity contribution is 0.274. The molecule has 0 heterocycles. The zero-order valence-corrected chi connectivity index (χ0v) is 11.3. The molecule has 0 aliphatic rings. The van der Waals surface area contributed by atoms with Crippen LogP contribution in [0, 0.1) is 5.82 Å². The van der Waals surface area contributed by atoms with Gasteiger partial charge in [0.1, 0.15) is 10.7 Å². The largest absolute Gasteiger partial charge is 0.392 e. The van der Waals surface area contributed by atoms with Gasteiger partial charge in [0, 0.05) is 24.2 Å². The Morgan fingerprint density at radius 3 is 2.67 bits per heavy atom. The van der Waals surface area contributed by atoms with Gasteiger partial charge >= 0.3 is 0 Å². The predicted octanol–water partition coefficient (Wildman–Crippen LogP) is 1.78. The Labute approximate surface area is 110 Å². The highest BCUT2D eigenvalue weighted by molar-refractivity contribution is 7.89. The van der Waals surface area contributed by atoms with Crippen LogP contribution in [0.15, 0.2) is 29.7 Å². The Morgan fingerprint density at radius 2 is 2.17 bits per heavy atom. The molecule has 1 rings (SSSR count). The van der Waals surface area contributed by atoms with E-state index in [0.717, 1.165) is 10.4 Å². The highest BCUT2D eigenvalue weighted by Crippen LogP contribution is 2.25. The van der Waals surface area contributed by atoms with E-state index in [4.69, 9.17) is 16.7 Å². The monoisotopic (exact) mass is 293 g/mol. The molecule has 0 aliphatic carbocycles. The van der Waals surface area contributed by atoms with E-state index in [2.05, 4.69) is 6.58 Å².